The highest BCUT2D eigenvalue weighted by molar-refractivity contribution is 5.78. The Hall–Kier alpha value is -1.89. The van der Waals surface area contributed by atoms with Gasteiger partial charge in [0.1, 0.15) is 6.29 Å². The van der Waals surface area contributed by atoms with E-state index in [0.29, 0.717) is 5.56 Å². The summed E-state index contributed by atoms with van der Waals surface area (Å²) in [5.74, 6) is 0. The molecule has 0 aliphatic carbocycles. The van der Waals surface area contributed by atoms with Gasteiger partial charge in [-0.1, -0.05) is 61.6 Å². The lowest BCUT2D eigenvalue weighted by Gasteiger charge is -2.02. The molecule has 1 aromatic carbocycles. The highest BCUT2D eigenvalue weighted by atomic mass is 16.1. The number of allylic oxidation sites excluding steroid dienone is 5. The fourth-order valence-electron chi connectivity index (χ4n) is 1.44. The summed E-state index contributed by atoms with van der Waals surface area (Å²) in [5.41, 5.74) is 4.05. The standard InChI is InChI=1S/C16H18O/c1-4-13(3)6-9-15(5-2)16-10-7-14(12-17)8-11-16/h5-12H,3-4H2,1-2H3/b9-6-,15-5+. The van der Waals surface area contributed by atoms with Gasteiger partial charge in [-0.05, 0) is 24.5 Å². The SMILES string of the molecule is C=C(/C=C\C(=C/C)c1ccc(C=O)cc1)CC. The zero-order chi connectivity index (χ0) is 12.7. The van der Waals surface area contributed by atoms with Gasteiger partial charge in [0, 0.05) is 5.56 Å². The van der Waals surface area contributed by atoms with Crippen LogP contribution in [0.15, 0.2) is 54.6 Å². The molecule has 1 aromatic rings. The maximum atomic E-state index is 10.6. The van der Waals surface area contributed by atoms with Gasteiger partial charge in [-0.25, -0.2) is 0 Å². The van der Waals surface area contributed by atoms with E-state index in [1.54, 1.807) is 0 Å². The van der Waals surface area contributed by atoms with E-state index in [1.165, 1.54) is 0 Å². The average molecular weight is 226 g/mol. The summed E-state index contributed by atoms with van der Waals surface area (Å²) in [5, 5.41) is 0. The lowest BCUT2D eigenvalue weighted by Crippen LogP contribution is -1.84. The first-order valence-corrected chi connectivity index (χ1v) is 5.79. The molecule has 17 heavy (non-hydrogen) atoms. The fraction of sp³-hybridized carbons (Fsp3) is 0.188. The van der Waals surface area contributed by atoms with Gasteiger partial charge in [0.2, 0.25) is 0 Å². The van der Waals surface area contributed by atoms with Crippen LogP contribution in [0, 0.1) is 0 Å². The van der Waals surface area contributed by atoms with Crippen molar-refractivity contribution in [1.29, 1.82) is 0 Å². The molecule has 0 unspecified atom stereocenters. The highest BCUT2D eigenvalue weighted by Crippen LogP contribution is 2.17. The molecule has 0 aliphatic rings. The average Bonchev–Trinajstić information content (AvgIpc) is 2.39. The van der Waals surface area contributed by atoms with E-state index in [1.807, 2.05) is 37.3 Å². The minimum Gasteiger partial charge on any atom is -0.298 e. The van der Waals surface area contributed by atoms with Crippen molar-refractivity contribution >= 4 is 11.9 Å². The molecule has 1 heteroatoms. The maximum Gasteiger partial charge on any atom is 0.150 e. The Labute approximate surface area is 103 Å². The smallest absolute Gasteiger partial charge is 0.150 e. The second-order valence-electron chi connectivity index (χ2n) is 3.83. The molecule has 0 heterocycles. The molecule has 0 radical (unpaired) electrons. The van der Waals surface area contributed by atoms with Gasteiger partial charge in [-0.3, -0.25) is 4.79 Å². The number of aldehydes is 1. The molecular weight excluding hydrogens is 208 g/mol. The predicted molar refractivity (Wildman–Crippen MR) is 74.1 cm³/mol. The molecule has 0 aromatic heterocycles. The van der Waals surface area contributed by atoms with Crippen LogP contribution in [0.1, 0.15) is 36.2 Å². The molecule has 1 rings (SSSR count). The van der Waals surface area contributed by atoms with Crippen LogP contribution in [0.25, 0.3) is 5.57 Å². The summed E-state index contributed by atoms with van der Waals surface area (Å²) >= 11 is 0. The second kappa shape index (κ2) is 6.64. The van der Waals surface area contributed by atoms with Crippen LogP contribution in [0.2, 0.25) is 0 Å². The van der Waals surface area contributed by atoms with Crippen LogP contribution in [0.4, 0.5) is 0 Å². The summed E-state index contributed by atoms with van der Waals surface area (Å²) in [6.07, 6.45) is 7.95. The number of rotatable bonds is 5. The van der Waals surface area contributed by atoms with Gasteiger partial charge in [0.25, 0.3) is 0 Å². The van der Waals surface area contributed by atoms with E-state index < -0.39 is 0 Å². The summed E-state index contributed by atoms with van der Waals surface area (Å²) < 4.78 is 0. The molecule has 0 aliphatic heterocycles. The van der Waals surface area contributed by atoms with Crippen molar-refractivity contribution < 1.29 is 4.79 Å². The lowest BCUT2D eigenvalue weighted by molar-refractivity contribution is 0.112. The molecule has 0 saturated carbocycles. The Kier molecular flexibility index (Phi) is 5.15. The molecule has 0 saturated heterocycles. The first kappa shape index (κ1) is 13.2. The topological polar surface area (TPSA) is 17.1 Å². The normalized spacial score (nSPS) is 11.8. The summed E-state index contributed by atoms with van der Waals surface area (Å²) in [6.45, 7) is 8.03. The summed E-state index contributed by atoms with van der Waals surface area (Å²) in [7, 11) is 0. The first-order chi connectivity index (χ1) is 8.21. The van der Waals surface area contributed by atoms with Crippen molar-refractivity contribution in [3.8, 4) is 0 Å². The van der Waals surface area contributed by atoms with E-state index in [2.05, 4.69) is 25.7 Å². The highest BCUT2D eigenvalue weighted by Gasteiger charge is 1.97. The van der Waals surface area contributed by atoms with E-state index in [-0.39, 0.29) is 0 Å². The van der Waals surface area contributed by atoms with Crippen molar-refractivity contribution in [2.24, 2.45) is 0 Å². The number of carbonyl (C=O) groups is 1. The molecule has 0 fully saturated rings. The van der Waals surface area contributed by atoms with Crippen LogP contribution in [0.5, 0.6) is 0 Å². The van der Waals surface area contributed by atoms with Crippen LogP contribution in [-0.4, -0.2) is 6.29 Å². The van der Waals surface area contributed by atoms with Crippen LogP contribution < -0.4 is 0 Å². The van der Waals surface area contributed by atoms with Gasteiger partial charge in [-0.2, -0.15) is 0 Å². The Morgan fingerprint density at radius 1 is 1.24 bits per heavy atom. The number of carbonyl (C=O) groups excluding carboxylic acids is 1. The summed E-state index contributed by atoms with van der Waals surface area (Å²) in [4.78, 5) is 10.6. The van der Waals surface area contributed by atoms with E-state index in [0.717, 1.165) is 29.4 Å². The van der Waals surface area contributed by atoms with Crippen LogP contribution in [-0.2, 0) is 0 Å². The van der Waals surface area contributed by atoms with Gasteiger partial charge in [0.15, 0.2) is 0 Å². The minimum atomic E-state index is 0.700. The van der Waals surface area contributed by atoms with Gasteiger partial charge < -0.3 is 0 Å². The maximum absolute atomic E-state index is 10.6. The molecule has 0 bridgehead atoms. The van der Waals surface area contributed by atoms with E-state index >= 15 is 0 Å². The van der Waals surface area contributed by atoms with Crippen molar-refractivity contribution in [3.63, 3.8) is 0 Å². The lowest BCUT2D eigenvalue weighted by atomic mass is 10.0. The molecule has 0 N–H and O–H groups in total. The van der Waals surface area contributed by atoms with Gasteiger partial charge in [0.05, 0.1) is 0 Å². The Balaban J connectivity index is 2.91. The third-order valence-electron chi connectivity index (χ3n) is 2.64. The zero-order valence-electron chi connectivity index (χ0n) is 10.4. The van der Waals surface area contributed by atoms with Gasteiger partial charge >= 0.3 is 0 Å². The van der Waals surface area contributed by atoms with Crippen molar-refractivity contribution in [2.45, 2.75) is 20.3 Å². The monoisotopic (exact) mass is 226 g/mol. The Bertz CT molecular complexity index is 447. The summed E-state index contributed by atoms with van der Waals surface area (Å²) in [6, 6.07) is 7.57. The predicted octanol–water partition coefficient (Wildman–Crippen LogP) is 4.42. The Morgan fingerprint density at radius 2 is 1.88 bits per heavy atom. The Morgan fingerprint density at radius 3 is 2.35 bits per heavy atom. The molecule has 1 nitrogen and oxygen atoms in total. The fourth-order valence-corrected chi connectivity index (χ4v) is 1.44. The van der Waals surface area contributed by atoms with Gasteiger partial charge in [-0.15, -0.1) is 0 Å². The number of hydrogen-bond acceptors (Lipinski definition) is 1. The third kappa shape index (κ3) is 3.87. The van der Waals surface area contributed by atoms with E-state index in [9.17, 15) is 4.79 Å². The molecule has 0 atom stereocenters. The van der Waals surface area contributed by atoms with Crippen molar-refractivity contribution in [3.05, 3.63) is 65.8 Å². The molecule has 0 amide bonds. The van der Waals surface area contributed by atoms with Crippen LogP contribution >= 0.6 is 0 Å². The molecular formula is C16H18O. The van der Waals surface area contributed by atoms with Crippen molar-refractivity contribution in [2.75, 3.05) is 0 Å². The first-order valence-electron chi connectivity index (χ1n) is 5.79. The van der Waals surface area contributed by atoms with Crippen molar-refractivity contribution in [1.82, 2.24) is 0 Å². The largest absolute Gasteiger partial charge is 0.298 e. The quantitative estimate of drug-likeness (QED) is 0.536. The number of hydrogen-bond donors (Lipinski definition) is 0. The second-order valence-corrected chi connectivity index (χ2v) is 3.83. The minimum absolute atomic E-state index is 0.700. The molecule has 88 valence electrons. The number of benzene rings is 1. The molecule has 0 spiro atoms. The van der Waals surface area contributed by atoms with E-state index in [4.69, 9.17) is 0 Å². The van der Waals surface area contributed by atoms with Crippen LogP contribution in [0.3, 0.4) is 0 Å². The zero-order valence-corrected chi connectivity index (χ0v) is 10.4. The third-order valence-corrected chi connectivity index (χ3v) is 2.64.